The van der Waals surface area contributed by atoms with Gasteiger partial charge in [-0.15, -0.1) is 0 Å². The van der Waals surface area contributed by atoms with Gasteiger partial charge >= 0.3 is 0 Å². The van der Waals surface area contributed by atoms with Crippen molar-refractivity contribution in [3.8, 4) is 17.3 Å². The summed E-state index contributed by atoms with van der Waals surface area (Å²) in [6, 6.07) is 10.2. The van der Waals surface area contributed by atoms with Crippen molar-refractivity contribution in [3.05, 3.63) is 40.5 Å². The molecule has 1 fully saturated rings. The monoisotopic (exact) mass is 386 g/mol. The van der Waals surface area contributed by atoms with Gasteiger partial charge in [-0.3, -0.25) is 9.48 Å². The van der Waals surface area contributed by atoms with E-state index in [-0.39, 0.29) is 5.91 Å². The molecule has 0 spiro atoms. The number of nitrogens with zero attached hydrogens (tertiary/aromatic N) is 4. The summed E-state index contributed by atoms with van der Waals surface area (Å²) in [7, 11) is 1.86. The molecule has 1 aromatic heterocycles. The Bertz CT molecular complexity index is 789. The van der Waals surface area contributed by atoms with E-state index in [0.29, 0.717) is 30.3 Å². The SMILES string of the molecule is CN(C(=O)c1cn(CCC#N)nc1-c1cccc(Br)c1)C1CCC1. The van der Waals surface area contributed by atoms with Crippen LogP contribution in [0.25, 0.3) is 11.3 Å². The molecule has 2 aromatic rings. The number of carbonyl (C=O) groups is 1. The first-order valence-corrected chi connectivity index (χ1v) is 8.87. The number of nitriles is 1. The third-order valence-corrected chi connectivity index (χ3v) is 4.98. The molecule has 0 aliphatic heterocycles. The zero-order valence-electron chi connectivity index (χ0n) is 13.6. The fraction of sp³-hybridized carbons (Fsp3) is 0.389. The fourth-order valence-electron chi connectivity index (χ4n) is 2.84. The number of hydrogen-bond acceptors (Lipinski definition) is 3. The second-order valence-corrected chi connectivity index (χ2v) is 6.99. The van der Waals surface area contributed by atoms with Crippen LogP contribution in [0.15, 0.2) is 34.9 Å². The van der Waals surface area contributed by atoms with Crippen LogP contribution >= 0.6 is 15.9 Å². The standard InChI is InChI=1S/C18H19BrN4O/c1-22(15-7-3-8-15)18(24)16-12-23(10-4-9-20)21-17(16)13-5-2-6-14(19)11-13/h2,5-6,11-12,15H,3-4,7-8,10H2,1H3. The number of carbonyl (C=O) groups excluding carboxylic acids is 1. The van der Waals surface area contributed by atoms with Crippen molar-refractivity contribution >= 4 is 21.8 Å². The number of benzene rings is 1. The van der Waals surface area contributed by atoms with Crippen LogP contribution in [0.4, 0.5) is 0 Å². The molecule has 0 unspecified atom stereocenters. The molecule has 5 nitrogen and oxygen atoms in total. The minimum atomic E-state index is -0.00196. The van der Waals surface area contributed by atoms with Gasteiger partial charge in [0.05, 0.1) is 24.6 Å². The Morgan fingerprint density at radius 1 is 1.50 bits per heavy atom. The average Bonchev–Trinajstić information content (AvgIpc) is 2.94. The Morgan fingerprint density at radius 2 is 2.29 bits per heavy atom. The molecule has 1 amide bonds. The maximum absolute atomic E-state index is 12.9. The van der Waals surface area contributed by atoms with Gasteiger partial charge in [-0.2, -0.15) is 10.4 Å². The van der Waals surface area contributed by atoms with Crippen molar-refractivity contribution in [1.29, 1.82) is 5.26 Å². The number of amides is 1. The predicted molar refractivity (Wildman–Crippen MR) is 95.3 cm³/mol. The highest BCUT2D eigenvalue weighted by Crippen LogP contribution is 2.29. The molecule has 0 bridgehead atoms. The largest absolute Gasteiger partial charge is 0.339 e. The van der Waals surface area contributed by atoms with Gasteiger partial charge in [0, 0.05) is 29.3 Å². The second-order valence-electron chi connectivity index (χ2n) is 6.07. The zero-order valence-corrected chi connectivity index (χ0v) is 15.2. The summed E-state index contributed by atoms with van der Waals surface area (Å²) in [5.74, 6) is -0.00196. The van der Waals surface area contributed by atoms with Crippen LogP contribution in [0.1, 0.15) is 36.0 Å². The molecule has 0 N–H and O–H groups in total. The van der Waals surface area contributed by atoms with E-state index in [1.54, 1.807) is 10.9 Å². The average molecular weight is 387 g/mol. The van der Waals surface area contributed by atoms with E-state index in [1.165, 1.54) is 6.42 Å². The highest BCUT2D eigenvalue weighted by molar-refractivity contribution is 9.10. The third-order valence-electron chi connectivity index (χ3n) is 4.49. The van der Waals surface area contributed by atoms with Crippen molar-refractivity contribution in [3.63, 3.8) is 0 Å². The Hall–Kier alpha value is -2.13. The summed E-state index contributed by atoms with van der Waals surface area (Å²) in [5, 5.41) is 13.4. The molecular weight excluding hydrogens is 368 g/mol. The number of aromatic nitrogens is 2. The van der Waals surface area contributed by atoms with Gasteiger partial charge in [0.1, 0.15) is 5.69 Å². The van der Waals surface area contributed by atoms with Crippen molar-refractivity contribution in [2.24, 2.45) is 0 Å². The fourth-order valence-corrected chi connectivity index (χ4v) is 3.24. The van der Waals surface area contributed by atoms with Crippen molar-refractivity contribution in [1.82, 2.24) is 14.7 Å². The van der Waals surface area contributed by atoms with Crippen molar-refractivity contribution in [2.75, 3.05) is 7.05 Å². The topological polar surface area (TPSA) is 61.9 Å². The molecule has 124 valence electrons. The second kappa shape index (κ2) is 7.18. The van der Waals surface area contributed by atoms with E-state index in [0.717, 1.165) is 22.9 Å². The van der Waals surface area contributed by atoms with Crippen LogP contribution < -0.4 is 0 Å². The van der Waals surface area contributed by atoms with Crippen molar-refractivity contribution < 1.29 is 4.79 Å². The van der Waals surface area contributed by atoms with E-state index in [2.05, 4.69) is 27.1 Å². The molecule has 0 saturated heterocycles. The zero-order chi connectivity index (χ0) is 17.1. The summed E-state index contributed by atoms with van der Waals surface area (Å²) in [6.45, 7) is 0.484. The van der Waals surface area contributed by atoms with Gasteiger partial charge in [0.2, 0.25) is 0 Å². The lowest BCUT2D eigenvalue weighted by molar-refractivity contribution is 0.0652. The first-order valence-electron chi connectivity index (χ1n) is 8.07. The van der Waals surface area contributed by atoms with E-state index in [4.69, 9.17) is 5.26 Å². The van der Waals surface area contributed by atoms with Crippen LogP contribution in [0.3, 0.4) is 0 Å². The lowest BCUT2D eigenvalue weighted by atomic mass is 9.91. The smallest absolute Gasteiger partial charge is 0.257 e. The Labute approximate surface area is 150 Å². The highest BCUT2D eigenvalue weighted by atomic mass is 79.9. The van der Waals surface area contributed by atoms with Gasteiger partial charge < -0.3 is 4.90 Å². The minimum Gasteiger partial charge on any atom is -0.339 e. The van der Waals surface area contributed by atoms with Crippen LogP contribution in [-0.2, 0) is 6.54 Å². The molecule has 0 radical (unpaired) electrons. The van der Waals surface area contributed by atoms with E-state index in [1.807, 2.05) is 36.2 Å². The normalized spacial score (nSPS) is 14.0. The van der Waals surface area contributed by atoms with E-state index < -0.39 is 0 Å². The van der Waals surface area contributed by atoms with Crippen LogP contribution in [0, 0.1) is 11.3 Å². The van der Waals surface area contributed by atoms with Gasteiger partial charge in [-0.1, -0.05) is 28.1 Å². The molecule has 1 aliphatic rings. The Morgan fingerprint density at radius 3 is 2.92 bits per heavy atom. The highest BCUT2D eigenvalue weighted by Gasteiger charge is 2.29. The minimum absolute atomic E-state index is 0.00196. The molecular formula is C18H19BrN4O. The van der Waals surface area contributed by atoms with Crippen LogP contribution in [-0.4, -0.2) is 33.7 Å². The number of hydrogen-bond donors (Lipinski definition) is 0. The predicted octanol–water partition coefficient (Wildman–Crippen LogP) is 3.85. The van der Waals surface area contributed by atoms with Gasteiger partial charge in [0.15, 0.2) is 0 Å². The number of rotatable bonds is 5. The van der Waals surface area contributed by atoms with Gasteiger partial charge in [-0.05, 0) is 31.4 Å². The number of halogens is 1. The summed E-state index contributed by atoms with van der Waals surface area (Å²) in [4.78, 5) is 14.8. The number of aryl methyl sites for hydroxylation is 1. The summed E-state index contributed by atoms with van der Waals surface area (Å²) in [6.07, 6.45) is 5.45. The first kappa shape index (κ1) is 16.7. The first-order chi connectivity index (χ1) is 11.6. The third kappa shape index (κ3) is 3.36. The molecule has 3 rings (SSSR count). The molecule has 1 aliphatic carbocycles. The summed E-state index contributed by atoms with van der Waals surface area (Å²) >= 11 is 3.47. The van der Waals surface area contributed by atoms with Gasteiger partial charge in [0.25, 0.3) is 5.91 Å². The van der Waals surface area contributed by atoms with E-state index >= 15 is 0 Å². The quantitative estimate of drug-likeness (QED) is 0.783. The van der Waals surface area contributed by atoms with Gasteiger partial charge in [-0.25, -0.2) is 0 Å². The summed E-state index contributed by atoms with van der Waals surface area (Å²) < 4.78 is 2.64. The maximum atomic E-state index is 12.9. The lowest BCUT2D eigenvalue weighted by Gasteiger charge is -2.34. The molecule has 1 saturated carbocycles. The molecule has 1 heterocycles. The molecule has 0 atom stereocenters. The van der Waals surface area contributed by atoms with Crippen molar-refractivity contribution in [2.45, 2.75) is 38.3 Å². The van der Waals surface area contributed by atoms with Crippen LogP contribution in [0.5, 0.6) is 0 Å². The molecule has 1 aromatic carbocycles. The lowest BCUT2D eigenvalue weighted by Crippen LogP contribution is -2.41. The Kier molecular flexibility index (Phi) is 5.00. The molecule has 24 heavy (non-hydrogen) atoms. The van der Waals surface area contributed by atoms with Crippen LogP contribution in [0.2, 0.25) is 0 Å². The van der Waals surface area contributed by atoms with E-state index in [9.17, 15) is 4.79 Å². The Balaban J connectivity index is 1.97. The molecule has 6 heteroatoms. The maximum Gasteiger partial charge on any atom is 0.257 e. The summed E-state index contributed by atoms with van der Waals surface area (Å²) in [5.41, 5.74) is 2.16.